The summed E-state index contributed by atoms with van der Waals surface area (Å²) in [5.74, 6) is -0.203. The van der Waals surface area contributed by atoms with Crippen molar-refractivity contribution < 1.29 is 13.2 Å². The topological polar surface area (TPSA) is 76.4 Å². The molecule has 0 saturated carbocycles. The van der Waals surface area contributed by atoms with Crippen LogP contribution in [0.3, 0.4) is 0 Å². The Bertz CT molecular complexity index is 450. The second-order valence-corrected chi connectivity index (χ2v) is 4.74. The molecule has 1 aromatic carbocycles. The molecule has 0 saturated heterocycles. The molecule has 7 heteroatoms. The van der Waals surface area contributed by atoms with Gasteiger partial charge in [0.15, 0.2) is 5.96 Å². The van der Waals surface area contributed by atoms with Crippen molar-refractivity contribution in [3.8, 4) is 0 Å². The molecule has 0 heterocycles. The van der Waals surface area contributed by atoms with Gasteiger partial charge in [0.05, 0.1) is 0 Å². The van der Waals surface area contributed by atoms with Gasteiger partial charge in [-0.2, -0.15) is 13.2 Å². The zero-order valence-corrected chi connectivity index (χ0v) is 12.0. The predicted octanol–water partition coefficient (Wildman–Crippen LogP) is 1.93. The molecule has 0 radical (unpaired) electrons. The number of nitrogens with two attached hydrogens (primary N) is 2. The normalized spacial score (nSPS) is 13.0. The first-order chi connectivity index (χ1) is 9.82. The quantitative estimate of drug-likeness (QED) is 0.532. The maximum Gasteiger partial charge on any atom is 0.403 e. The fourth-order valence-electron chi connectivity index (χ4n) is 1.84. The van der Waals surface area contributed by atoms with E-state index in [4.69, 9.17) is 11.5 Å². The third-order valence-corrected chi connectivity index (χ3v) is 3.09. The van der Waals surface area contributed by atoms with Crippen molar-refractivity contribution in [1.82, 2.24) is 5.32 Å². The molecule has 0 spiro atoms. The zero-order valence-electron chi connectivity index (χ0n) is 12.0. The summed E-state index contributed by atoms with van der Waals surface area (Å²) in [7, 11) is 0. The zero-order chi connectivity index (χ0) is 15.9. The number of rotatable bonds is 7. The van der Waals surface area contributed by atoms with E-state index in [1.807, 2.05) is 31.2 Å². The van der Waals surface area contributed by atoms with E-state index in [9.17, 15) is 13.2 Å². The molecule has 5 N–H and O–H groups in total. The van der Waals surface area contributed by atoms with Crippen molar-refractivity contribution in [2.45, 2.75) is 38.5 Å². The highest BCUT2D eigenvalue weighted by atomic mass is 19.4. The molecule has 1 aromatic rings. The molecule has 0 aliphatic rings. The molecule has 21 heavy (non-hydrogen) atoms. The molecular weight excluding hydrogens is 281 g/mol. The molecule has 0 aliphatic heterocycles. The Labute approximate surface area is 122 Å². The summed E-state index contributed by atoms with van der Waals surface area (Å²) in [6.45, 7) is 2.11. The molecule has 1 unspecified atom stereocenters. The van der Waals surface area contributed by atoms with E-state index < -0.39 is 12.2 Å². The summed E-state index contributed by atoms with van der Waals surface area (Å²) in [6, 6.07) is 5.86. The summed E-state index contributed by atoms with van der Waals surface area (Å²) >= 11 is 0. The van der Waals surface area contributed by atoms with Crippen molar-refractivity contribution in [2.75, 3.05) is 6.54 Å². The molecule has 0 aromatic heterocycles. The van der Waals surface area contributed by atoms with Crippen LogP contribution in [0.1, 0.15) is 24.5 Å². The van der Waals surface area contributed by atoms with Gasteiger partial charge >= 0.3 is 6.18 Å². The van der Waals surface area contributed by atoms with Gasteiger partial charge in [0, 0.05) is 13.1 Å². The SMILES string of the molecule is CCc1ccc(CNC(CCN=C(N)N)C(F)(F)F)cc1. The van der Waals surface area contributed by atoms with Crippen molar-refractivity contribution in [3.05, 3.63) is 35.4 Å². The van der Waals surface area contributed by atoms with Crippen LogP contribution in [0.2, 0.25) is 0 Å². The number of aryl methyl sites for hydroxylation is 1. The number of hydrogen-bond acceptors (Lipinski definition) is 2. The molecule has 1 rings (SSSR count). The summed E-state index contributed by atoms with van der Waals surface area (Å²) in [4.78, 5) is 3.59. The third-order valence-electron chi connectivity index (χ3n) is 3.09. The van der Waals surface area contributed by atoms with E-state index in [0.29, 0.717) is 0 Å². The van der Waals surface area contributed by atoms with Crippen LogP contribution in [0.4, 0.5) is 13.2 Å². The van der Waals surface area contributed by atoms with Crippen molar-refractivity contribution >= 4 is 5.96 Å². The van der Waals surface area contributed by atoms with Gasteiger partial charge in [0.2, 0.25) is 0 Å². The number of hydrogen-bond donors (Lipinski definition) is 3. The van der Waals surface area contributed by atoms with Crippen LogP contribution >= 0.6 is 0 Å². The van der Waals surface area contributed by atoms with E-state index in [2.05, 4.69) is 10.3 Å². The Morgan fingerprint density at radius 2 is 1.76 bits per heavy atom. The smallest absolute Gasteiger partial charge is 0.370 e. The monoisotopic (exact) mass is 302 g/mol. The van der Waals surface area contributed by atoms with Crippen LogP contribution in [-0.2, 0) is 13.0 Å². The number of benzene rings is 1. The molecule has 0 aliphatic carbocycles. The van der Waals surface area contributed by atoms with Gasteiger partial charge in [-0.15, -0.1) is 0 Å². The molecular formula is C14H21F3N4. The van der Waals surface area contributed by atoms with Gasteiger partial charge in [0.1, 0.15) is 6.04 Å². The lowest BCUT2D eigenvalue weighted by molar-refractivity contribution is -0.157. The largest absolute Gasteiger partial charge is 0.403 e. The molecule has 4 nitrogen and oxygen atoms in total. The average molecular weight is 302 g/mol. The highest BCUT2D eigenvalue weighted by Crippen LogP contribution is 2.23. The average Bonchev–Trinajstić information content (AvgIpc) is 2.41. The number of nitrogens with zero attached hydrogens (tertiary/aromatic N) is 1. The first-order valence-electron chi connectivity index (χ1n) is 6.76. The van der Waals surface area contributed by atoms with Crippen LogP contribution in [-0.4, -0.2) is 24.7 Å². The first-order valence-corrected chi connectivity index (χ1v) is 6.76. The summed E-state index contributed by atoms with van der Waals surface area (Å²) in [5, 5.41) is 2.51. The van der Waals surface area contributed by atoms with Crippen LogP contribution in [0, 0.1) is 0 Å². The van der Waals surface area contributed by atoms with Crippen LogP contribution in [0.5, 0.6) is 0 Å². The second kappa shape index (κ2) is 7.87. The minimum Gasteiger partial charge on any atom is -0.370 e. The van der Waals surface area contributed by atoms with E-state index in [-0.39, 0.29) is 25.5 Å². The molecule has 1 atom stereocenters. The molecule has 0 fully saturated rings. The van der Waals surface area contributed by atoms with Crippen LogP contribution in [0.25, 0.3) is 0 Å². The van der Waals surface area contributed by atoms with E-state index in [0.717, 1.165) is 17.5 Å². The van der Waals surface area contributed by atoms with E-state index in [1.165, 1.54) is 0 Å². The van der Waals surface area contributed by atoms with Gasteiger partial charge in [-0.05, 0) is 24.0 Å². The first kappa shape index (κ1) is 17.3. The van der Waals surface area contributed by atoms with E-state index >= 15 is 0 Å². The number of aliphatic imine (C=N–C) groups is 1. The minimum atomic E-state index is -4.33. The maximum atomic E-state index is 12.9. The predicted molar refractivity (Wildman–Crippen MR) is 77.8 cm³/mol. The van der Waals surface area contributed by atoms with Crippen LogP contribution < -0.4 is 16.8 Å². The summed E-state index contributed by atoms with van der Waals surface area (Å²) in [6.07, 6.45) is -3.63. The number of guanidine groups is 1. The Morgan fingerprint density at radius 1 is 1.19 bits per heavy atom. The van der Waals surface area contributed by atoms with Crippen molar-refractivity contribution in [3.63, 3.8) is 0 Å². The Kier molecular flexibility index (Phi) is 6.48. The van der Waals surface area contributed by atoms with Gasteiger partial charge in [-0.3, -0.25) is 4.99 Å². The Morgan fingerprint density at radius 3 is 2.24 bits per heavy atom. The number of nitrogens with one attached hydrogen (secondary N) is 1. The lowest BCUT2D eigenvalue weighted by atomic mass is 10.1. The van der Waals surface area contributed by atoms with Gasteiger partial charge in [0.25, 0.3) is 0 Å². The fourth-order valence-corrected chi connectivity index (χ4v) is 1.84. The summed E-state index contributed by atoms with van der Waals surface area (Å²) in [5.41, 5.74) is 12.2. The fraction of sp³-hybridized carbons (Fsp3) is 0.500. The van der Waals surface area contributed by atoms with Crippen molar-refractivity contribution in [2.24, 2.45) is 16.5 Å². The molecule has 0 bridgehead atoms. The highest BCUT2D eigenvalue weighted by Gasteiger charge is 2.38. The van der Waals surface area contributed by atoms with Crippen molar-refractivity contribution in [1.29, 1.82) is 0 Å². The van der Waals surface area contributed by atoms with E-state index in [1.54, 1.807) is 0 Å². The van der Waals surface area contributed by atoms with Crippen LogP contribution in [0.15, 0.2) is 29.3 Å². The van der Waals surface area contributed by atoms with Gasteiger partial charge in [-0.1, -0.05) is 31.2 Å². The Hall–Kier alpha value is -1.76. The molecule has 0 amide bonds. The van der Waals surface area contributed by atoms with Gasteiger partial charge < -0.3 is 16.8 Å². The lowest BCUT2D eigenvalue weighted by Gasteiger charge is -2.21. The standard InChI is InChI=1S/C14H21F3N4/c1-2-10-3-5-11(6-4-10)9-21-12(14(15,16)17)7-8-20-13(18)19/h3-6,12,21H,2,7-9H2,1H3,(H4,18,19,20). The molecule has 118 valence electrons. The Balaban J connectivity index is 2.57. The number of alkyl halides is 3. The highest BCUT2D eigenvalue weighted by molar-refractivity contribution is 5.75. The minimum absolute atomic E-state index is 0.0612. The summed E-state index contributed by atoms with van der Waals surface area (Å²) < 4.78 is 38.7. The lowest BCUT2D eigenvalue weighted by Crippen LogP contribution is -2.42. The number of halogens is 3. The van der Waals surface area contributed by atoms with Gasteiger partial charge in [-0.25, -0.2) is 0 Å². The third kappa shape index (κ3) is 6.48. The maximum absolute atomic E-state index is 12.9. The second-order valence-electron chi connectivity index (χ2n) is 4.74.